The van der Waals surface area contributed by atoms with Crippen molar-refractivity contribution in [3.63, 3.8) is 0 Å². The van der Waals surface area contributed by atoms with Crippen LogP contribution in [0.3, 0.4) is 0 Å². The Morgan fingerprint density at radius 3 is 2.70 bits per heavy atom. The van der Waals surface area contributed by atoms with Gasteiger partial charge in [0.25, 0.3) is 0 Å². The molecule has 0 aromatic carbocycles. The standard InChI is InChI=1S/C15H25N5O.2ClH/c1-16-14(12-8-18-19(2)10-12)15(21)17-7-11-5-6-20(9-11)13-3-4-13;;/h8,10-11,13-14,16H,3-7,9H2,1-2H3,(H,17,21);2*1H. The molecule has 1 aromatic rings. The first kappa shape index (κ1) is 20.2. The number of carbonyl (C=O) groups is 1. The van der Waals surface area contributed by atoms with Gasteiger partial charge in [0.05, 0.1) is 6.20 Å². The van der Waals surface area contributed by atoms with Crippen LogP contribution in [0.1, 0.15) is 30.9 Å². The first-order valence-corrected chi connectivity index (χ1v) is 7.85. The van der Waals surface area contributed by atoms with Crippen molar-refractivity contribution in [3.05, 3.63) is 18.0 Å². The van der Waals surface area contributed by atoms with E-state index in [0.29, 0.717) is 5.92 Å². The lowest BCUT2D eigenvalue weighted by Crippen LogP contribution is -2.38. The number of hydrogen-bond donors (Lipinski definition) is 2. The van der Waals surface area contributed by atoms with E-state index < -0.39 is 0 Å². The van der Waals surface area contributed by atoms with Gasteiger partial charge in [-0.3, -0.25) is 9.48 Å². The summed E-state index contributed by atoms with van der Waals surface area (Å²) in [4.78, 5) is 14.9. The minimum atomic E-state index is -0.320. The van der Waals surface area contributed by atoms with Gasteiger partial charge in [0.15, 0.2) is 0 Å². The van der Waals surface area contributed by atoms with Gasteiger partial charge >= 0.3 is 0 Å². The number of nitrogens with one attached hydrogen (secondary N) is 2. The zero-order valence-corrected chi connectivity index (χ0v) is 15.3. The van der Waals surface area contributed by atoms with Crippen molar-refractivity contribution in [1.82, 2.24) is 25.3 Å². The van der Waals surface area contributed by atoms with Crippen LogP contribution in [0.5, 0.6) is 0 Å². The van der Waals surface area contributed by atoms with Crippen molar-refractivity contribution in [2.24, 2.45) is 13.0 Å². The van der Waals surface area contributed by atoms with E-state index in [0.717, 1.165) is 24.7 Å². The predicted octanol–water partition coefficient (Wildman–Crippen LogP) is 1.12. The van der Waals surface area contributed by atoms with Crippen LogP contribution < -0.4 is 10.6 Å². The van der Waals surface area contributed by atoms with Gasteiger partial charge in [-0.2, -0.15) is 5.10 Å². The van der Waals surface area contributed by atoms with Crippen molar-refractivity contribution in [2.75, 3.05) is 26.7 Å². The van der Waals surface area contributed by atoms with Crippen LogP contribution in [0.15, 0.2) is 12.4 Å². The number of hydrogen-bond acceptors (Lipinski definition) is 4. The topological polar surface area (TPSA) is 62.2 Å². The summed E-state index contributed by atoms with van der Waals surface area (Å²) in [6.45, 7) is 3.12. The molecular weight excluding hydrogens is 337 g/mol. The molecule has 8 heteroatoms. The zero-order valence-electron chi connectivity index (χ0n) is 13.7. The third-order valence-electron chi connectivity index (χ3n) is 4.55. The van der Waals surface area contributed by atoms with E-state index in [4.69, 9.17) is 0 Å². The summed E-state index contributed by atoms with van der Waals surface area (Å²) < 4.78 is 1.72. The summed E-state index contributed by atoms with van der Waals surface area (Å²) in [6, 6.07) is 0.519. The van der Waals surface area contributed by atoms with Crippen LogP contribution in [0.4, 0.5) is 0 Å². The van der Waals surface area contributed by atoms with Crippen LogP contribution in [0.25, 0.3) is 0 Å². The number of nitrogens with zero attached hydrogens (tertiary/aromatic N) is 3. The molecule has 1 aliphatic carbocycles. The largest absolute Gasteiger partial charge is 0.354 e. The van der Waals surface area contributed by atoms with Crippen molar-refractivity contribution in [2.45, 2.75) is 31.3 Å². The van der Waals surface area contributed by atoms with E-state index in [-0.39, 0.29) is 36.8 Å². The first-order chi connectivity index (χ1) is 10.2. The number of halogens is 2. The summed E-state index contributed by atoms with van der Waals surface area (Å²) in [5.41, 5.74) is 0.906. The zero-order chi connectivity index (χ0) is 14.8. The summed E-state index contributed by atoms with van der Waals surface area (Å²) in [7, 11) is 3.67. The molecule has 2 atom stereocenters. The Bertz CT molecular complexity index is 506. The normalized spacial score (nSPS) is 22.1. The van der Waals surface area contributed by atoms with Crippen molar-refractivity contribution in [1.29, 1.82) is 0 Å². The van der Waals surface area contributed by atoms with Gasteiger partial charge in [-0.1, -0.05) is 0 Å². The smallest absolute Gasteiger partial charge is 0.241 e. The second-order valence-electron chi connectivity index (χ2n) is 6.29. The Morgan fingerprint density at radius 1 is 1.39 bits per heavy atom. The molecule has 1 aliphatic heterocycles. The molecule has 1 saturated carbocycles. The average molecular weight is 364 g/mol. The van der Waals surface area contributed by atoms with Gasteiger partial charge in [-0.05, 0) is 38.8 Å². The Morgan fingerprint density at radius 2 is 2.13 bits per heavy atom. The third kappa shape index (κ3) is 5.08. The fourth-order valence-electron chi connectivity index (χ4n) is 3.19. The van der Waals surface area contributed by atoms with Gasteiger partial charge in [0, 0.05) is 37.9 Å². The van der Waals surface area contributed by atoms with Crippen molar-refractivity contribution >= 4 is 30.7 Å². The molecule has 0 radical (unpaired) electrons. The molecule has 1 amide bonds. The number of amides is 1. The molecule has 0 bridgehead atoms. The van der Waals surface area contributed by atoms with Crippen molar-refractivity contribution < 1.29 is 4.79 Å². The number of carbonyl (C=O) groups excluding carboxylic acids is 1. The highest BCUT2D eigenvalue weighted by molar-refractivity contribution is 5.85. The second-order valence-corrected chi connectivity index (χ2v) is 6.29. The summed E-state index contributed by atoms with van der Waals surface area (Å²) in [5, 5.41) is 10.3. The molecule has 0 spiro atoms. The highest BCUT2D eigenvalue weighted by Crippen LogP contribution is 2.31. The van der Waals surface area contributed by atoms with E-state index in [9.17, 15) is 4.79 Å². The molecule has 23 heavy (non-hydrogen) atoms. The molecule has 6 nitrogen and oxygen atoms in total. The third-order valence-corrected chi connectivity index (χ3v) is 4.55. The van der Waals surface area contributed by atoms with Gasteiger partial charge in [-0.25, -0.2) is 0 Å². The van der Waals surface area contributed by atoms with E-state index in [1.807, 2.05) is 20.3 Å². The molecule has 2 fully saturated rings. The number of aromatic nitrogens is 2. The van der Waals surface area contributed by atoms with Crippen LogP contribution >= 0.6 is 24.8 Å². The van der Waals surface area contributed by atoms with Crippen LogP contribution in [0, 0.1) is 5.92 Å². The molecule has 3 rings (SSSR count). The molecule has 2 unspecified atom stereocenters. The Balaban J connectivity index is 0.00000132. The maximum absolute atomic E-state index is 12.3. The van der Waals surface area contributed by atoms with Crippen LogP contribution in [-0.4, -0.2) is 53.3 Å². The SMILES string of the molecule is CNC(C(=O)NCC1CCN(C2CC2)C1)c1cnn(C)c1.Cl.Cl. The van der Waals surface area contributed by atoms with E-state index in [1.54, 1.807) is 10.9 Å². The van der Waals surface area contributed by atoms with Crippen molar-refractivity contribution in [3.8, 4) is 0 Å². The highest BCUT2D eigenvalue weighted by Gasteiger charge is 2.34. The molecule has 2 heterocycles. The minimum absolute atomic E-state index is 0. The van der Waals surface area contributed by atoms with E-state index >= 15 is 0 Å². The molecular formula is C15H27Cl2N5O. The quantitative estimate of drug-likeness (QED) is 0.794. The maximum atomic E-state index is 12.3. The molecule has 2 N–H and O–H groups in total. The minimum Gasteiger partial charge on any atom is -0.354 e. The number of likely N-dealkylation sites (tertiary alicyclic amines) is 1. The van der Waals surface area contributed by atoms with Gasteiger partial charge in [0.1, 0.15) is 6.04 Å². The van der Waals surface area contributed by atoms with Gasteiger partial charge in [0.2, 0.25) is 5.91 Å². The summed E-state index contributed by atoms with van der Waals surface area (Å²) in [5.74, 6) is 0.635. The lowest BCUT2D eigenvalue weighted by molar-refractivity contribution is -0.123. The predicted molar refractivity (Wildman–Crippen MR) is 95.2 cm³/mol. The molecule has 132 valence electrons. The fraction of sp³-hybridized carbons (Fsp3) is 0.733. The lowest BCUT2D eigenvalue weighted by Gasteiger charge is -2.18. The van der Waals surface area contributed by atoms with Crippen LogP contribution in [0.2, 0.25) is 0 Å². The average Bonchev–Trinajstić information content (AvgIpc) is 3.07. The molecule has 2 aliphatic rings. The van der Waals surface area contributed by atoms with Crippen LogP contribution in [-0.2, 0) is 11.8 Å². The van der Waals surface area contributed by atoms with E-state index in [1.165, 1.54) is 25.8 Å². The molecule has 1 saturated heterocycles. The lowest BCUT2D eigenvalue weighted by atomic mass is 10.1. The number of likely N-dealkylation sites (N-methyl/N-ethyl adjacent to an activating group) is 1. The summed E-state index contributed by atoms with van der Waals surface area (Å²) in [6.07, 6.45) is 7.55. The van der Waals surface area contributed by atoms with Gasteiger partial charge < -0.3 is 15.5 Å². The van der Waals surface area contributed by atoms with Gasteiger partial charge in [-0.15, -0.1) is 24.8 Å². The van der Waals surface area contributed by atoms with E-state index in [2.05, 4.69) is 20.6 Å². The number of rotatable bonds is 6. The summed E-state index contributed by atoms with van der Waals surface area (Å²) >= 11 is 0. The first-order valence-electron chi connectivity index (χ1n) is 7.85. The Labute approximate surface area is 150 Å². The fourth-order valence-corrected chi connectivity index (χ4v) is 3.19. The molecule has 1 aromatic heterocycles. The second kappa shape index (κ2) is 8.87. The maximum Gasteiger partial charge on any atom is 0.241 e. The Hall–Kier alpha value is -0.820. The highest BCUT2D eigenvalue weighted by atomic mass is 35.5. The monoisotopic (exact) mass is 363 g/mol. The Kier molecular flexibility index (Phi) is 7.80. The number of aryl methyl sites for hydroxylation is 1.